The molecule has 0 saturated heterocycles. The smallest absolute Gasteiger partial charge is 0.302 e. The second-order valence-corrected chi connectivity index (χ2v) is 5.86. The Bertz CT molecular complexity index is 207. The summed E-state index contributed by atoms with van der Waals surface area (Å²) in [5.41, 5.74) is 0. The van der Waals surface area contributed by atoms with Crippen molar-refractivity contribution < 1.29 is 9.53 Å². The molecule has 0 fully saturated rings. The molecule has 2 atom stereocenters. The fraction of sp³-hybridized carbons (Fsp3) is 0.929. The van der Waals surface area contributed by atoms with Crippen molar-refractivity contribution >= 4 is 5.97 Å². The lowest BCUT2D eigenvalue weighted by atomic mass is 9.79. The molecule has 0 aromatic heterocycles. The fourth-order valence-electron chi connectivity index (χ4n) is 2.24. The van der Waals surface area contributed by atoms with E-state index in [0.29, 0.717) is 23.7 Å². The predicted molar refractivity (Wildman–Crippen MR) is 68.2 cm³/mol. The molecule has 0 aromatic rings. The van der Waals surface area contributed by atoms with E-state index in [9.17, 15) is 4.79 Å². The molecule has 2 unspecified atom stereocenters. The van der Waals surface area contributed by atoms with Gasteiger partial charge in [0.05, 0.1) is 0 Å². The summed E-state index contributed by atoms with van der Waals surface area (Å²) < 4.78 is 5.50. The molecule has 2 heteroatoms. The maximum absolute atomic E-state index is 11.1. The number of carbonyl (C=O) groups is 1. The van der Waals surface area contributed by atoms with E-state index in [1.54, 1.807) is 0 Å². The molecule has 0 rings (SSSR count). The fourth-order valence-corrected chi connectivity index (χ4v) is 2.24. The van der Waals surface area contributed by atoms with Crippen molar-refractivity contribution in [2.75, 3.05) is 0 Å². The van der Waals surface area contributed by atoms with Crippen molar-refractivity contribution in [1.29, 1.82) is 0 Å². The molecular formula is C14H28O2. The second kappa shape index (κ2) is 6.93. The van der Waals surface area contributed by atoms with Gasteiger partial charge in [-0.2, -0.15) is 0 Å². The van der Waals surface area contributed by atoms with E-state index < -0.39 is 0 Å². The van der Waals surface area contributed by atoms with Gasteiger partial charge in [-0.05, 0) is 30.1 Å². The number of esters is 1. The zero-order chi connectivity index (χ0) is 12.9. The lowest BCUT2D eigenvalue weighted by Crippen LogP contribution is -2.35. The molecule has 0 saturated carbocycles. The van der Waals surface area contributed by atoms with Crippen LogP contribution in [0.3, 0.4) is 0 Å². The van der Waals surface area contributed by atoms with Gasteiger partial charge in [0.2, 0.25) is 0 Å². The predicted octanol–water partition coefficient (Wildman–Crippen LogP) is 3.89. The van der Waals surface area contributed by atoms with Crippen LogP contribution in [0.4, 0.5) is 0 Å². The van der Waals surface area contributed by atoms with Gasteiger partial charge in [0.25, 0.3) is 0 Å². The highest BCUT2D eigenvalue weighted by Gasteiger charge is 2.30. The molecule has 0 heterocycles. The molecule has 0 aromatic carbocycles. The summed E-state index contributed by atoms with van der Waals surface area (Å²) in [5.74, 6) is 1.88. The Hall–Kier alpha value is -0.530. The van der Waals surface area contributed by atoms with Gasteiger partial charge in [-0.15, -0.1) is 0 Å². The summed E-state index contributed by atoms with van der Waals surface area (Å²) >= 11 is 0. The maximum Gasteiger partial charge on any atom is 0.302 e. The summed E-state index contributed by atoms with van der Waals surface area (Å²) in [5, 5.41) is 0. The van der Waals surface area contributed by atoms with Gasteiger partial charge in [0.15, 0.2) is 0 Å². The van der Waals surface area contributed by atoms with Gasteiger partial charge in [-0.25, -0.2) is 0 Å². The van der Waals surface area contributed by atoms with Gasteiger partial charge in [-0.1, -0.05) is 41.5 Å². The summed E-state index contributed by atoms with van der Waals surface area (Å²) in [6.45, 7) is 14.6. The minimum Gasteiger partial charge on any atom is -0.462 e. The maximum atomic E-state index is 11.1. The Labute approximate surface area is 101 Å². The van der Waals surface area contributed by atoms with E-state index in [1.807, 2.05) is 0 Å². The van der Waals surface area contributed by atoms with Crippen LogP contribution < -0.4 is 0 Å². The minimum absolute atomic E-state index is 0.0555. The lowest BCUT2D eigenvalue weighted by molar-refractivity contribution is -0.153. The minimum atomic E-state index is -0.159. The standard InChI is InChI=1S/C14H28O2/c1-9(2)8-13(10(3)4)14(11(5)6)16-12(7)15/h9-11,13-14H,8H2,1-7H3. The van der Waals surface area contributed by atoms with Crippen LogP contribution >= 0.6 is 0 Å². The van der Waals surface area contributed by atoms with E-state index in [4.69, 9.17) is 4.74 Å². The summed E-state index contributed by atoms with van der Waals surface area (Å²) in [6, 6.07) is 0. The van der Waals surface area contributed by atoms with Crippen LogP contribution in [0.15, 0.2) is 0 Å². The number of hydrogen-bond acceptors (Lipinski definition) is 2. The Morgan fingerprint density at radius 1 is 1.00 bits per heavy atom. The topological polar surface area (TPSA) is 26.3 Å². The van der Waals surface area contributed by atoms with Gasteiger partial charge in [-0.3, -0.25) is 4.79 Å². The van der Waals surface area contributed by atoms with Crippen molar-refractivity contribution in [1.82, 2.24) is 0 Å². The van der Waals surface area contributed by atoms with Crippen molar-refractivity contribution in [3.8, 4) is 0 Å². The molecule has 96 valence electrons. The third-order valence-corrected chi connectivity index (χ3v) is 2.98. The van der Waals surface area contributed by atoms with Crippen LogP contribution in [0.5, 0.6) is 0 Å². The summed E-state index contributed by atoms with van der Waals surface area (Å²) in [7, 11) is 0. The molecule has 16 heavy (non-hydrogen) atoms. The molecule has 0 bridgehead atoms. The van der Waals surface area contributed by atoms with Crippen LogP contribution in [0.1, 0.15) is 54.9 Å². The van der Waals surface area contributed by atoms with E-state index in [2.05, 4.69) is 41.5 Å². The molecule has 0 aliphatic heterocycles. The van der Waals surface area contributed by atoms with Gasteiger partial charge < -0.3 is 4.74 Å². The van der Waals surface area contributed by atoms with Crippen LogP contribution in [-0.4, -0.2) is 12.1 Å². The van der Waals surface area contributed by atoms with Crippen LogP contribution in [0.25, 0.3) is 0 Å². The first kappa shape index (κ1) is 15.5. The first-order chi connectivity index (χ1) is 7.25. The monoisotopic (exact) mass is 228 g/mol. The number of carbonyl (C=O) groups excluding carboxylic acids is 1. The van der Waals surface area contributed by atoms with Crippen LogP contribution in [0.2, 0.25) is 0 Å². The van der Waals surface area contributed by atoms with Crippen LogP contribution in [0, 0.1) is 23.7 Å². The van der Waals surface area contributed by atoms with Crippen molar-refractivity contribution in [3.05, 3.63) is 0 Å². The van der Waals surface area contributed by atoms with E-state index >= 15 is 0 Å². The SMILES string of the molecule is CC(=O)OC(C(C)C)C(CC(C)C)C(C)C. The molecule has 0 N–H and O–H groups in total. The molecule has 0 aliphatic carbocycles. The molecule has 2 nitrogen and oxygen atoms in total. The van der Waals surface area contributed by atoms with Crippen LogP contribution in [-0.2, 0) is 9.53 Å². The molecule has 0 amide bonds. The lowest BCUT2D eigenvalue weighted by Gasteiger charge is -2.33. The second-order valence-electron chi connectivity index (χ2n) is 5.86. The Kier molecular flexibility index (Phi) is 6.70. The Morgan fingerprint density at radius 2 is 1.50 bits per heavy atom. The summed E-state index contributed by atoms with van der Waals surface area (Å²) in [6.07, 6.45) is 1.17. The molecule has 0 radical (unpaired) electrons. The van der Waals surface area contributed by atoms with E-state index in [0.717, 1.165) is 6.42 Å². The average Bonchev–Trinajstić information content (AvgIpc) is 2.09. The zero-order valence-electron chi connectivity index (χ0n) is 11.9. The number of ether oxygens (including phenoxy) is 1. The normalized spacial score (nSPS) is 15.6. The van der Waals surface area contributed by atoms with Crippen molar-refractivity contribution in [2.24, 2.45) is 23.7 Å². The quantitative estimate of drug-likeness (QED) is 0.645. The number of rotatable bonds is 6. The Balaban J connectivity index is 4.72. The average molecular weight is 228 g/mol. The van der Waals surface area contributed by atoms with Gasteiger partial charge in [0.1, 0.15) is 6.10 Å². The summed E-state index contributed by atoms with van der Waals surface area (Å²) in [4.78, 5) is 11.1. The highest BCUT2D eigenvalue weighted by atomic mass is 16.5. The van der Waals surface area contributed by atoms with Gasteiger partial charge >= 0.3 is 5.97 Å². The van der Waals surface area contributed by atoms with E-state index in [-0.39, 0.29) is 12.1 Å². The van der Waals surface area contributed by atoms with Gasteiger partial charge in [0, 0.05) is 6.92 Å². The molecule has 0 aliphatic rings. The van der Waals surface area contributed by atoms with E-state index in [1.165, 1.54) is 6.92 Å². The highest BCUT2D eigenvalue weighted by molar-refractivity contribution is 5.66. The largest absolute Gasteiger partial charge is 0.462 e. The third kappa shape index (κ3) is 5.53. The number of hydrogen-bond donors (Lipinski definition) is 0. The first-order valence-electron chi connectivity index (χ1n) is 6.42. The molecular weight excluding hydrogens is 200 g/mol. The Morgan fingerprint density at radius 3 is 1.75 bits per heavy atom. The molecule has 0 spiro atoms. The first-order valence-corrected chi connectivity index (χ1v) is 6.42. The van der Waals surface area contributed by atoms with Crippen molar-refractivity contribution in [3.63, 3.8) is 0 Å². The highest BCUT2D eigenvalue weighted by Crippen LogP contribution is 2.29. The zero-order valence-corrected chi connectivity index (χ0v) is 11.9. The van der Waals surface area contributed by atoms with Crippen molar-refractivity contribution in [2.45, 2.75) is 61.0 Å². The third-order valence-electron chi connectivity index (χ3n) is 2.98.